The van der Waals surface area contributed by atoms with Gasteiger partial charge in [0, 0.05) is 38.6 Å². The lowest BCUT2D eigenvalue weighted by atomic mass is 9.89. The molecule has 1 aromatic rings. The van der Waals surface area contributed by atoms with Crippen LogP contribution < -0.4 is 5.32 Å². The van der Waals surface area contributed by atoms with Crippen molar-refractivity contribution in [3.8, 4) is 0 Å². The Morgan fingerprint density at radius 2 is 1.87 bits per heavy atom. The summed E-state index contributed by atoms with van der Waals surface area (Å²) >= 11 is 5.52. The summed E-state index contributed by atoms with van der Waals surface area (Å²) < 4.78 is 10.8. The van der Waals surface area contributed by atoms with Crippen molar-refractivity contribution >= 4 is 28.8 Å². The maximum atomic E-state index is 13.4. The summed E-state index contributed by atoms with van der Waals surface area (Å²) in [5.41, 5.74) is 2.80. The number of amides is 1. The number of Topliss-reactive ketones (excluding diaryl/α,β-unsaturated/α-hetero) is 1. The van der Waals surface area contributed by atoms with Gasteiger partial charge < -0.3 is 19.7 Å². The Morgan fingerprint density at radius 1 is 1.19 bits per heavy atom. The zero-order chi connectivity index (χ0) is 22.0. The number of thiocarbonyl (C=S) groups is 1. The van der Waals surface area contributed by atoms with Gasteiger partial charge in [0.2, 0.25) is 5.91 Å². The first kappa shape index (κ1) is 22.5. The number of hydrogen-bond acceptors (Lipinski definition) is 6. The maximum Gasteiger partial charge on any atom is 0.241 e. The molecule has 168 valence electrons. The highest BCUT2D eigenvalue weighted by atomic mass is 32.1. The van der Waals surface area contributed by atoms with E-state index in [1.165, 1.54) is 11.1 Å². The summed E-state index contributed by atoms with van der Waals surface area (Å²) in [6.45, 7) is 1.09. The zero-order valence-electron chi connectivity index (χ0n) is 18.3. The van der Waals surface area contributed by atoms with Crippen LogP contribution in [0.5, 0.6) is 0 Å². The highest BCUT2D eigenvalue weighted by molar-refractivity contribution is 7.80. The van der Waals surface area contributed by atoms with Crippen molar-refractivity contribution in [2.45, 2.75) is 56.9 Å². The monoisotopic (exact) mass is 444 g/mol. The summed E-state index contributed by atoms with van der Waals surface area (Å²) in [6, 6.07) is 7.81. The first-order valence-electron chi connectivity index (χ1n) is 11.2. The van der Waals surface area contributed by atoms with Gasteiger partial charge in [-0.2, -0.15) is 0 Å². The Bertz CT molecular complexity index is 816. The highest BCUT2D eigenvalue weighted by Crippen LogP contribution is 2.31. The van der Waals surface area contributed by atoms with Crippen molar-refractivity contribution in [1.29, 1.82) is 0 Å². The van der Waals surface area contributed by atoms with Crippen molar-refractivity contribution in [3.63, 3.8) is 0 Å². The molecule has 1 unspecified atom stereocenters. The third-order valence-electron chi connectivity index (χ3n) is 7.08. The molecule has 2 aliphatic heterocycles. The summed E-state index contributed by atoms with van der Waals surface area (Å²) in [7, 11) is 3.18. The first-order valence-corrected chi connectivity index (χ1v) is 11.7. The molecule has 1 aliphatic carbocycles. The summed E-state index contributed by atoms with van der Waals surface area (Å²) in [6.07, 6.45) is 4.65. The number of likely N-dealkylation sites (tertiary alicyclic amines) is 1. The molecule has 1 amide bonds. The lowest BCUT2D eigenvalue weighted by Crippen LogP contribution is -2.53. The van der Waals surface area contributed by atoms with E-state index >= 15 is 0 Å². The molecule has 7 heteroatoms. The Hall–Kier alpha value is -1.67. The van der Waals surface area contributed by atoms with Crippen LogP contribution in [0.25, 0.3) is 0 Å². The van der Waals surface area contributed by atoms with E-state index in [9.17, 15) is 9.59 Å². The fraction of sp³-hybridized carbons (Fsp3) is 0.625. The van der Waals surface area contributed by atoms with Crippen LogP contribution in [-0.4, -0.2) is 67.1 Å². The van der Waals surface area contributed by atoms with Crippen LogP contribution in [0.4, 0.5) is 0 Å². The molecular formula is C24H32N2O4S. The molecule has 2 fully saturated rings. The molecule has 4 rings (SSSR count). The van der Waals surface area contributed by atoms with Gasteiger partial charge in [0.25, 0.3) is 0 Å². The van der Waals surface area contributed by atoms with E-state index in [2.05, 4.69) is 29.6 Å². The molecule has 1 N–H and O–H groups in total. The zero-order valence-corrected chi connectivity index (χ0v) is 19.2. The lowest BCUT2D eigenvalue weighted by Gasteiger charge is -2.32. The molecule has 3 aliphatic rings. The number of hydrogen-bond donors (Lipinski definition) is 1. The SMILES string of the molecule is COC(OC)[C@@H]1CCCN1C(=O)[C@H]1NCC(=S)C1C(=O)CCC1Cc2ccccc2C1. The van der Waals surface area contributed by atoms with Gasteiger partial charge in [-0.3, -0.25) is 9.59 Å². The molecular weight excluding hydrogens is 412 g/mol. The number of nitrogens with zero attached hydrogens (tertiary/aromatic N) is 1. The van der Waals surface area contributed by atoms with Crippen LogP contribution in [0, 0.1) is 11.8 Å². The number of fused-ring (bicyclic) bond motifs is 1. The van der Waals surface area contributed by atoms with E-state index in [0.717, 1.165) is 32.1 Å². The van der Waals surface area contributed by atoms with Gasteiger partial charge in [-0.15, -0.1) is 0 Å². The molecule has 1 aromatic carbocycles. The predicted molar refractivity (Wildman–Crippen MR) is 122 cm³/mol. The molecule has 0 saturated carbocycles. The molecule has 2 saturated heterocycles. The molecule has 31 heavy (non-hydrogen) atoms. The molecule has 0 spiro atoms. The van der Waals surface area contributed by atoms with E-state index in [-0.39, 0.29) is 17.7 Å². The standard InChI is InChI=1S/C24H32N2O4S/c1-29-24(30-2)18-8-5-11-26(18)23(28)22-21(20(31)14-25-22)19(27)10-9-15-12-16-6-3-4-7-17(16)13-15/h3-4,6-7,15,18,21-22,24-25H,5,8-14H2,1-2H3/t18-,21?,22-/m0/s1. The number of nitrogens with one attached hydrogen (secondary N) is 1. The number of rotatable bonds is 8. The van der Waals surface area contributed by atoms with Gasteiger partial charge in [-0.1, -0.05) is 36.5 Å². The average molecular weight is 445 g/mol. The Balaban J connectivity index is 1.38. The van der Waals surface area contributed by atoms with Crippen LogP contribution in [0.1, 0.15) is 36.8 Å². The predicted octanol–water partition coefficient (Wildman–Crippen LogP) is 2.32. The van der Waals surface area contributed by atoms with Crippen molar-refractivity contribution in [3.05, 3.63) is 35.4 Å². The Kier molecular flexibility index (Phi) is 7.16. The Morgan fingerprint density at radius 3 is 2.52 bits per heavy atom. The topological polar surface area (TPSA) is 67.9 Å². The fourth-order valence-electron chi connectivity index (χ4n) is 5.51. The Labute approximate surface area is 189 Å². The van der Waals surface area contributed by atoms with E-state index in [0.29, 0.717) is 30.3 Å². The molecule has 0 bridgehead atoms. The lowest BCUT2D eigenvalue weighted by molar-refractivity contribution is -0.159. The van der Waals surface area contributed by atoms with Crippen molar-refractivity contribution in [1.82, 2.24) is 10.2 Å². The summed E-state index contributed by atoms with van der Waals surface area (Å²) in [5, 5.41) is 3.22. The average Bonchev–Trinajstić information content (AvgIpc) is 3.50. The van der Waals surface area contributed by atoms with Gasteiger partial charge in [0.05, 0.1) is 12.0 Å². The molecule has 3 atom stereocenters. The highest BCUT2D eigenvalue weighted by Gasteiger charge is 2.46. The molecule has 0 radical (unpaired) electrons. The number of carbonyl (C=O) groups is 2. The summed E-state index contributed by atoms with van der Waals surface area (Å²) in [5.74, 6) is 0.00443. The minimum atomic E-state index is -0.573. The minimum absolute atomic E-state index is 0.0620. The molecule has 0 aromatic heterocycles. The maximum absolute atomic E-state index is 13.4. The van der Waals surface area contributed by atoms with E-state index in [1.807, 2.05) is 4.90 Å². The van der Waals surface area contributed by atoms with Gasteiger partial charge in [-0.25, -0.2) is 0 Å². The molecule has 2 heterocycles. The van der Waals surface area contributed by atoms with E-state index < -0.39 is 18.2 Å². The van der Waals surface area contributed by atoms with Crippen molar-refractivity contribution < 1.29 is 19.1 Å². The second kappa shape index (κ2) is 9.86. The minimum Gasteiger partial charge on any atom is -0.354 e. The number of benzene rings is 1. The number of methoxy groups -OCH3 is 2. The van der Waals surface area contributed by atoms with Crippen LogP contribution in [0.3, 0.4) is 0 Å². The number of ketones is 1. The summed E-state index contributed by atoms with van der Waals surface area (Å²) in [4.78, 5) is 29.1. The van der Waals surface area contributed by atoms with Crippen LogP contribution in [0.15, 0.2) is 24.3 Å². The number of ether oxygens (including phenoxy) is 2. The smallest absolute Gasteiger partial charge is 0.241 e. The molecule has 6 nitrogen and oxygen atoms in total. The quantitative estimate of drug-likeness (QED) is 0.490. The third-order valence-corrected chi connectivity index (χ3v) is 7.48. The van der Waals surface area contributed by atoms with Crippen LogP contribution in [0.2, 0.25) is 0 Å². The van der Waals surface area contributed by atoms with Crippen molar-refractivity contribution in [2.24, 2.45) is 11.8 Å². The van der Waals surface area contributed by atoms with Gasteiger partial charge in [0.1, 0.15) is 11.8 Å². The normalized spacial score (nSPS) is 26.1. The van der Waals surface area contributed by atoms with Gasteiger partial charge in [0.15, 0.2) is 6.29 Å². The third kappa shape index (κ3) is 4.60. The number of carbonyl (C=O) groups excluding carboxylic acids is 2. The second-order valence-corrected chi connectivity index (χ2v) is 9.46. The fourth-order valence-corrected chi connectivity index (χ4v) is 5.86. The van der Waals surface area contributed by atoms with E-state index in [4.69, 9.17) is 21.7 Å². The van der Waals surface area contributed by atoms with Crippen LogP contribution >= 0.6 is 12.2 Å². The largest absolute Gasteiger partial charge is 0.354 e. The van der Waals surface area contributed by atoms with Crippen molar-refractivity contribution in [2.75, 3.05) is 27.3 Å². The van der Waals surface area contributed by atoms with E-state index in [1.54, 1.807) is 14.2 Å². The van der Waals surface area contributed by atoms with Gasteiger partial charge in [-0.05, 0) is 49.1 Å². The first-order chi connectivity index (χ1) is 15.0. The van der Waals surface area contributed by atoms with Gasteiger partial charge >= 0.3 is 0 Å². The van der Waals surface area contributed by atoms with Crippen LogP contribution in [-0.2, 0) is 31.9 Å². The second-order valence-electron chi connectivity index (χ2n) is 8.93.